The van der Waals surface area contributed by atoms with E-state index in [2.05, 4.69) is 10.2 Å². The average Bonchev–Trinajstić information content (AvgIpc) is 2.71. The lowest BCUT2D eigenvalue weighted by Crippen LogP contribution is -2.31. The highest BCUT2D eigenvalue weighted by molar-refractivity contribution is 6.07. The van der Waals surface area contributed by atoms with Crippen molar-refractivity contribution in [1.29, 1.82) is 0 Å². The van der Waals surface area contributed by atoms with E-state index < -0.39 is 0 Å². The third-order valence-electron chi connectivity index (χ3n) is 2.97. The molecule has 0 aliphatic heterocycles. The van der Waals surface area contributed by atoms with E-state index in [1.807, 2.05) is 51.1 Å². The Bertz CT molecular complexity index is 526. The second kappa shape index (κ2) is 5.04. The molecule has 0 fully saturated rings. The number of anilines is 1. The van der Waals surface area contributed by atoms with Crippen LogP contribution in [0.2, 0.25) is 0 Å². The van der Waals surface area contributed by atoms with E-state index in [9.17, 15) is 4.79 Å². The van der Waals surface area contributed by atoms with Crippen LogP contribution in [0.25, 0.3) is 0 Å². The van der Waals surface area contributed by atoms with Crippen LogP contribution in [0.1, 0.15) is 28.7 Å². The van der Waals surface area contributed by atoms with Gasteiger partial charge in [-0.2, -0.15) is 5.10 Å². The number of para-hydroxylation sites is 1. The van der Waals surface area contributed by atoms with Crippen LogP contribution >= 0.6 is 0 Å². The lowest BCUT2D eigenvalue weighted by Gasteiger charge is -2.21. The Morgan fingerprint density at radius 2 is 1.94 bits per heavy atom. The molecule has 1 aromatic carbocycles. The average molecular weight is 243 g/mol. The molecule has 0 saturated heterocycles. The predicted molar refractivity (Wildman–Crippen MR) is 71.9 cm³/mol. The Morgan fingerprint density at radius 1 is 1.28 bits per heavy atom. The van der Waals surface area contributed by atoms with Crippen molar-refractivity contribution < 1.29 is 4.79 Å². The van der Waals surface area contributed by atoms with Gasteiger partial charge in [0.15, 0.2) is 0 Å². The van der Waals surface area contributed by atoms with E-state index in [0.717, 1.165) is 17.1 Å². The maximum Gasteiger partial charge on any atom is 0.261 e. The molecule has 0 atom stereocenters. The third kappa shape index (κ3) is 2.14. The molecule has 1 aromatic heterocycles. The number of rotatable bonds is 3. The second-order valence-corrected chi connectivity index (χ2v) is 4.19. The van der Waals surface area contributed by atoms with Crippen molar-refractivity contribution in [2.75, 3.05) is 11.4 Å². The van der Waals surface area contributed by atoms with Crippen molar-refractivity contribution in [3.8, 4) is 0 Å². The lowest BCUT2D eigenvalue weighted by molar-refractivity contribution is 0.0987. The zero-order chi connectivity index (χ0) is 13.1. The Labute approximate surface area is 107 Å². The van der Waals surface area contributed by atoms with E-state index in [1.54, 1.807) is 4.90 Å². The number of benzene rings is 1. The summed E-state index contributed by atoms with van der Waals surface area (Å²) in [6.45, 7) is 6.31. The Morgan fingerprint density at radius 3 is 2.44 bits per heavy atom. The standard InChI is InChI=1S/C14H17N3O/c1-4-17(12-8-6-5-7-9-12)14(18)13-10(2)15-16-11(13)3/h5-9H,4H2,1-3H3,(H,15,16). The summed E-state index contributed by atoms with van der Waals surface area (Å²) in [6.07, 6.45) is 0. The topological polar surface area (TPSA) is 49.0 Å². The first-order valence-corrected chi connectivity index (χ1v) is 6.03. The summed E-state index contributed by atoms with van der Waals surface area (Å²) in [5.41, 5.74) is 3.13. The molecule has 94 valence electrons. The fraction of sp³-hybridized carbons (Fsp3) is 0.286. The smallest absolute Gasteiger partial charge is 0.261 e. The van der Waals surface area contributed by atoms with Gasteiger partial charge in [-0.05, 0) is 32.9 Å². The first-order chi connectivity index (χ1) is 8.65. The molecule has 1 N–H and O–H groups in total. The number of carbonyl (C=O) groups is 1. The van der Waals surface area contributed by atoms with Gasteiger partial charge in [0.1, 0.15) is 0 Å². The normalized spacial score (nSPS) is 10.4. The van der Waals surface area contributed by atoms with Crippen LogP contribution in [0.15, 0.2) is 30.3 Å². The van der Waals surface area contributed by atoms with Crippen LogP contribution in [-0.4, -0.2) is 22.6 Å². The molecular weight excluding hydrogens is 226 g/mol. The fourth-order valence-electron chi connectivity index (χ4n) is 2.05. The summed E-state index contributed by atoms with van der Waals surface area (Å²) < 4.78 is 0. The highest BCUT2D eigenvalue weighted by Crippen LogP contribution is 2.19. The van der Waals surface area contributed by atoms with Gasteiger partial charge in [0, 0.05) is 17.9 Å². The van der Waals surface area contributed by atoms with E-state index in [1.165, 1.54) is 0 Å². The minimum absolute atomic E-state index is 0.00699. The molecule has 0 aliphatic rings. The van der Waals surface area contributed by atoms with Crippen molar-refractivity contribution in [1.82, 2.24) is 10.2 Å². The van der Waals surface area contributed by atoms with Gasteiger partial charge in [-0.1, -0.05) is 18.2 Å². The SMILES string of the molecule is CCN(C(=O)c1c(C)n[nH]c1C)c1ccccc1. The number of carbonyl (C=O) groups excluding carboxylic acids is 1. The number of H-pyrrole nitrogens is 1. The highest BCUT2D eigenvalue weighted by Gasteiger charge is 2.21. The van der Waals surface area contributed by atoms with Crippen molar-refractivity contribution in [3.63, 3.8) is 0 Å². The predicted octanol–water partition coefficient (Wildman–Crippen LogP) is 2.69. The molecule has 2 rings (SSSR count). The maximum absolute atomic E-state index is 12.5. The van der Waals surface area contributed by atoms with Crippen molar-refractivity contribution in [2.45, 2.75) is 20.8 Å². The maximum atomic E-state index is 12.5. The molecule has 1 heterocycles. The molecular formula is C14H17N3O. The van der Waals surface area contributed by atoms with Crippen LogP contribution in [0.3, 0.4) is 0 Å². The molecule has 1 amide bonds. The molecule has 0 unspecified atom stereocenters. The first kappa shape index (κ1) is 12.4. The number of nitrogens with zero attached hydrogens (tertiary/aromatic N) is 2. The second-order valence-electron chi connectivity index (χ2n) is 4.19. The zero-order valence-corrected chi connectivity index (χ0v) is 10.9. The van der Waals surface area contributed by atoms with Gasteiger partial charge in [-0.15, -0.1) is 0 Å². The highest BCUT2D eigenvalue weighted by atomic mass is 16.2. The molecule has 0 radical (unpaired) electrons. The van der Waals surface area contributed by atoms with Crippen LogP contribution < -0.4 is 4.90 Å². The summed E-state index contributed by atoms with van der Waals surface area (Å²) in [6, 6.07) is 9.68. The van der Waals surface area contributed by atoms with E-state index in [0.29, 0.717) is 12.1 Å². The number of aryl methyl sites for hydroxylation is 2. The summed E-state index contributed by atoms with van der Waals surface area (Å²) in [4.78, 5) is 14.3. The minimum Gasteiger partial charge on any atom is -0.309 e. The molecule has 0 bridgehead atoms. The monoisotopic (exact) mass is 243 g/mol. The Balaban J connectivity index is 2.38. The van der Waals surface area contributed by atoms with Gasteiger partial charge in [-0.3, -0.25) is 9.89 Å². The molecule has 2 aromatic rings. The van der Waals surface area contributed by atoms with Crippen molar-refractivity contribution in [3.05, 3.63) is 47.3 Å². The summed E-state index contributed by atoms with van der Waals surface area (Å²) in [5.74, 6) is -0.00699. The number of hydrogen-bond acceptors (Lipinski definition) is 2. The van der Waals surface area contributed by atoms with Gasteiger partial charge in [0.05, 0.1) is 11.3 Å². The summed E-state index contributed by atoms with van der Waals surface area (Å²) in [5, 5.41) is 6.93. The first-order valence-electron chi connectivity index (χ1n) is 6.03. The van der Waals surface area contributed by atoms with Gasteiger partial charge < -0.3 is 4.90 Å². The molecule has 0 spiro atoms. The summed E-state index contributed by atoms with van der Waals surface area (Å²) >= 11 is 0. The largest absolute Gasteiger partial charge is 0.309 e. The zero-order valence-electron chi connectivity index (χ0n) is 10.9. The van der Waals surface area contributed by atoms with E-state index in [-0.39, 0.29) is 5.91 Å². The number of hydrogen-bond donors (Lipinski definition) is 1. The molecule has 18 heavy (non-hydrogen) atoms. The molecule has 0 aliphatic carbocycles. The van der Waals surface area contributed by atoms with E-state index >= 15 is 0 Å². The van der Waals surface area contributed by atoms with Gasteiger partial charge >= 0.3 is 0 Å². The molecule has 4 heteroatoms. The lowest BCUT2D eigenvalue weighted by atomic mass is 10.1. The van der Waals surface area contributed by atoms with Crippen LogP contribution in [0.5, 0.6) is 0 Å². The Hall–Kier alpha value is -2.10. The van der Waals surface area contributed by atoms with Gasteiger partial charge in [-0.25, -0.2) is 0 Å². The molecule has 0 saturated carbocycles. The van der Waals surface area contributed by atoms with Crippen LogP contribution in [-0.2, 0) is 0 Å². The van der Waals surface area contributed by atoms with Gasteiger partial charge in [0.2, 0.25) is 0 Å². The van der Waals surface area contributed by atoms with Crippen LogP contribution in [0.4, 0.5) is 5.69 Å². The number of nitrogens with one attached hydrogen (secondary N) is 1. The number of aromatic nitrogens is 2. The van der Waals surface area contributed by atoms with E-state index in [4.69, 9.17) is 0 Å². The van der Waals surface area contributed by atoms with Crippen molar-refractivity contribution in [2.24, 2.45) is 0 Å². The third-order valence-corrected chi connectivity index (χ3v) is 2.97. The number of amides is 1. The minimum atomic E-state index is -0.00699. The fourth-order valence-corrected chi connectivity index (χ4v) is 2.05. The van der Waals surface area contributed by atoms with Crippen LogP contribution in [0, 0.1) is 13.8 Å². The van der Waals surface area contributed by atoms with Crippen molar-refractivity contribution >= 4 is 11.6 Å². The number of aromatic amines is 1. The molecule has 4 nitrogen and oxygen atoms in total. The Kier molecular flexibility index (Phi) is 3.46. The quantitative estimate of drug-likeness (QED) is 0.901. The van der Waals surface area contributed by atoms with Gasteiger partial charge in [0.25, 0.3) is 5.91 Å². The summed E-state index contributed by atoms with van der Waals surface area (Å²) in [7, 11) is 0.